The molecule has 3 aromatic heterocycles. The van der Waals surface area contributed by atoms with Crippen LogP contribution < -0.4 is 0 Å². The van der Waals surface area contributed by atoms with Crippen LogP contribution in [0.3, 0.4) is 0 Å². The fourth-order valence-electron chi connectivity index (χ4n) is 4.82. The third-order valence-corrected chi connectivity index (χ3v) is 7.75. The van der Waals surface area contributed by atoms with Crippen molar-refractivity contribution in [2.75, 3.05) is 26.3 Å². The molecule has 3 aromatic rings. The molecule has 4 heterocycles. The number of fused-ring (bicyclic) bond motifs is 1. The van der Waals surface area contributed by atoms with Crippen LogP contribution in [-0.2, 0) is 16.7 Å². The Morgan fingerprint density at radius 1 is 1.21 bits per heavy atom. The van der Waals surface area contributed by atoms with E-state index in [0.717, 1.165) is 49.7 Å². The maximum atomic E-state index is 5.98. The van der Waals surface area contributed by atoms with E-state index in [1.165, 1.54) is 29.8 Å². The van der Waals surface area contributed by atoms with Gasteiger partial charge in [0.1, 0.15) is 16.2 Å². The van der Waals surface area contributed by atoms with Crippen molar-refractivity contribution in [3.05, 3.63) is 47.1 Å². The number of hydrogen-bond acceptors (Lipinski definition) is 6. The number of pyridine rings is 1. The summed E-state index contributed by atoms with van der Waals surface area (Å²) in [5, 5.41) is 5.89. The second-order valence-electron chi connectivity index (χ2n) is 8.70. The maximum absolute atomic E-state index is 5.98. The van der Waals surface area contributed by atoms with Gasteiger partial charge in [-0.2, -0.15) is 5.10 Å². The third-order valence-electron chi connectivity index (χ3n) is 6.73. The van der Waals surface area contributed by atoms with E-state index in [2.05, 4.69) is 47.0 Å². The van der Waals surface area contributed by atoms with E-state index < -0.39 is 0 Å². The summed E-state index contributed by atoms with van der Waals surface area (Å²) in [6.45, 7) is 8.02. The Kier molecular flexibility index (Phi) is 4.92. The van der Waals surface area contributed by atoms with E-state index in [4.69, 9.17) is 9.84 Å². The molecule has 1 aliphatic carbocycles. The van der Waals surface area contributed by atoms with Crippen LogP contribution in [0.2, 0.25) is 0 Å². The number of hydrogen-bond donors (Lipinski definition) is 0. The molecule has 0 aromatic carbocycles. The van der Waals surface area contributed by atoms with Gasteiger partial charge in [-0.15, -0.1) is 0 Å². The van der Waals surface area contributed by atoms with Crippen LogP contribution in [0.15, 0.2) is 30.9 Å². The van der Waals surface area contributed by atoms with Crippen molar-refractivity contribution < 1.29 is 4.74 Å². The predicted molar refractivity (Wildman–Crippen MR) is 114 cm³/mol. The van der Waals surface area contributed by atoms with Gasteiger partial charge in [0, 0.05) is 42.4 Å². The Morgan fingerprint density at radius 2 is 2.10 bits per heavy atom. The van der Waals surface area contributed by atoms with Crippen molar-refractivity contribution >= 4 is 16.2 Å². The summed E-state index contributed by atoms with van der Waals surface area (Å²) < 4.78 is 7.87. The number of aryl methyl sites for hydroxylation is 2. The summed E-state index contributed by atoms with van der Waals surface area (Å²) in [4.78, 5) is 12.6. The number of nitrogens with zero attached hydrogens (tertiary/aromatic N) is 5. The van der Waals surface area contributed by atoms with Crippen molar-refractivity contribution in [2.24, 2.45) is 5.41 Å². The molecule has 2 fully saturated rings. The van der Waals surface area contributed by atoms with E-state index in [0.29, 0.717) is 0 Å². The zero-order valence-corrected chi connectivity index (χ0v) is 18.1. The molecule has 0 spiro atoms. The summed E-state index contributed by atoms with van der Waals surface area (Å²) in [6.07, 6.45) is 11.6. The average Bonchev–Trinajstić information content (AvgIpc) is 3.05. The standard InChI is InChI=1S/C22H29N5OS/c1-3-28-15-21(7-6-19-25-27-16-23-13-20(27)29-19)10-11-26(14-21)22(8-9-22)18-5-4-17(2)24-12-18/h4-5,12-13,16H,3,6-11,14-15H2,1-2H3. The topological polar surface area (TPSA) is 55.6 Å². The van der Waals surface area contributed by atoms with Crippen LogP contribution in [0.25, 0.3) is 4.83 Å². The highest BCUT2D eigenvalue weighted by molar-refractivity contribution is 7.17. The normalized spacial score (nSPS) is 23.8. The average molecular weight is 412 g/mol. The molecule has 1 aliphatic heterocycles. The van der Waals surface area contributed by atoms with E-state index in [1.54, 1.807) is 17.7 Å². The molecule has 5 rings (SSSR count). The fourth-order valence-corrected chi connectivity index (χ4v) is 5.69. The summed E-state index contributed by atoms with van der Waals surface area (Å²) in [6, 6.07) is 4.43. The first-order chi connectivity index (χ1) is 14.1. The van der Waals surface area contributed by atoms with Gasteiger partial charge < -0.3 is 4.74 Å². The van der Waals surface area contributed by atoms with Gasteiger partial charge in [0.25, 0.3) is 0 Å². The number of imidazole rings is 1. The quantitative estimate of drug-likeness (QED) is 0.564. The zero-order valence-electron chi connectivity index (χ0n) is 17.3. The lowest BCUT2D eigenvalue weighted by atomic mass is 9.83. The lowest BCUT2D eigenvalue weighted by Crippen LogP contribution is -2.38. The zero-order chi connectivity index (χ0) is 19.9. The van der Waals surface area contributed by atoms with Crippen molar-refractivity contribution in [2.45, 2.75) is 51.5 Å². The summed E-state index contributed by atoms with van der Waals surface area (Å²) >= 11 is 1.75. The minimum Gasteiger partial charge on any atom is -0.381 e. The van der Waals surface area contributed by atoms with Crippen molar-refractivity contribution in [3.8, 4) is 0 Å². The second kappa shape index (κ2) is 7.45. The van der Waals surface area contributed by atoms with Gasteiger partial charge >= 0.3 is 0 Å². The SMILES string of the molecule is CCOCC1(CCc2nn3cncc3s2)CCN(C2(c3ccc(C)nc3)CC2)C1. The van der Waals surface area contributed by atoms with E-state index in [-0.39, 0.29) is 11.0 Å². The molecular weight excluding hydrogens is 382 g/mol. The van der Waals surface area contributed by atoms with Gasteiger partial charge in [-0.3, -0.25) is 9.88 Å². The molecule has 6 nitrogen and oxygen atoms in total. The first kappa shape index (κ1) is 19.2. The van der Waals surface area contributed by atoms with Crippen LogP contribution in [0, 0.1) is 12.3 Å². The van der Waals surface area contributed by atoms with Crippen molar-refractivity contribution in [1.82, 2.24) is 24.5 Å². The van der Waals surface area contributed by atoms with Crippen molar-refractivity contribution in [3.63, 3.8) is 0 Å². The monoisotopic (exact) mass is 411 g/mol. The van der Waals surface area contributed by atoms with Gasteiger partial charge in [-0.1, -0.05) is 17.4 Å². The Morgan fingerprint density at radius 3 is 2.83 bits per heavy atom. The first-order valence-corrected chi connectivity index (χ1v) is 11.5. The van der Waals surface area contributed by atoms with Gasteiger partial charge in [-0.25, -0.2) is 9.50 Å². The summed E-state index contributed by atoms with van der Waals surface area (Å²) in [5.41, 5.74) is 2.89. The molecule has 7 heteroatoms. The third kappa shape index (κ3) is 3.60. The second-order valence-corrected chi connectivity index (χ2v) is 9.79. The molecule has 1 atom stereocenters. The van der Waals surface area contributed by atoms with Crippen LogP contribution in [0.5, 0.6) is 0 Å². The molecule has 1 unspecified atom stereocenters. The van der Waals surface area contributed by atoms with Crippen molar-refractivity contribution in [1.29, 1.82) is 0 Å². The van der Waals surface area contributed by atoms with Gasteiger partial charge in [-0.05, 0) is 57.7 Å². The molecule has 0 radical (unpaired) electrons. The molecule has 1 saturated carbocycles. The number of ether oxygens (including phenoxy) is 1. The minimum absolute atomic E-state index is 0.207. The lowest BCUT2D eigenvalue weighted by Gasteiger charge is -2.33. The molecule has 0 amide bonds. The summed E-state index contributed by atoms with van der Waals surface area (Å²) in [5.74, 6) is 0. The molecule has 0 N–H and O–H groups in total. The maximum Gasteiger partial charge on any atom is 0.139 e. The van der Waals surface area contributed by atoms with Crippen LogP contribution in [0.4, 0.5) is 0 Å². The largest absolute Gasteiger partial charge is 0.381 e. The van der Waals surface area contributed by atoms with E-state index >= 15 is 0 Å². The van der Waals surface area contributed by atoms with Gasteiger partial charge in [0.05, 0.1) is 12.8 Å². The Balaban J connectivity index is 1.32. The highest BCUT2D eigenvalue weighted by Gasteiger charge is 2.54. The molecule has 1 saturated heterocycles. The minimum atomic E-state index is 0.207. The molecule has 29 heavy (non-hydrogen) atoms. The van der Waals surface area contributed by atoms with Crippen LogP contribution >= 0.6 is 11.3 Å². The van der Waals surface area contributed by atoms with E-state index in [9.17, 15) is 0 Å². The number of aromatic nitrogens is 4. The Labute approximate surface area is 175 Å². The smallest absolute Gasteiger partial charge is 0.139 e. The molecular formula is C22H29N5OS. The van der Waals surface area contributed by atoms with Gasteiger partial charge in [0.2, 0.25) is 0 Å². The molecule has 0 bridgehead atoms. The molecule has 154 valence electrons. The molecule has 2 aliphatic rings. The highest BCUT2D eigenvalue weighted by atomic mass is 32.1. The fraction of sp³-hybridized carbons (Fsp3) is 0.591. The van der Waals surface area contributed by atoms with Crippen LogP contribution in [0.1, 0.15) is 48.9 Å². The predicted octanol–water partition coefficient (Wildman–Crippen LogP) is 3.84. The van der Waals surface area contributed by atoms with E-state index in [1.807, 2.05) is 10.7 Å². The summed E-state index contributed by atoms with van der Waals surface area (Å²) in [7, 11) is 0. The lowest BCUT2D eigenvalue weighted by molar-refractivity contribution is 0.0443. The highest BCUT2D eigenvalue weighted by Crippen LogP contribution is 2.54. The first-order valence-electron chi connectivity index (χ1n) is 10.7. The Bertz CT molecular complexity index is 948. The number of rotatable bonds is 8. The van der Waals surface area contributed by atoms with Gasteiger partial charge in [0.15, 0.2) is 0 Å². The van der Waals surface area contributed by atoms with Crippen LogP contribution in [-0.4, -0.2) is 50.8 Å². The Hall–Kier alpha value is -1.83. The number of likely N-dealkylation sites (tertiary alicyclic amines) is 1.